The minimum Gasteiger partial charge on any atom is -0.497 e. The minimum atomic E-state index is 0.821. The number of hydrogen-bond acceptors (Lipinski definition) is 4. The third kappa shape index (κ3) is 3.67. The highest BCUT2D eigenvalue weighted by atomic mass is 16.5. The molecule has 18 heavy (non-hydrogen) atoms. The standard InChI is InChI=1S/C9H8N2O.C5H10O/c1-12-8-3-2-7-5-10-6-11-9(7)4-8;1-2-4-6-5-3-1/h2-6H,1H3;1-5H2. The van der Waals surface area contributed by atoms with Crippen LogP contribution in [0.2, 0.25) is 0 Å². The summed E-state index contributed by atoms with van der Waals surface area (Å²) >= 11 is 0. The number of methoxy groups -OCH3 is 1. The molecule has 1 aromatic heterocycles. The van der Waals surface area contributed by atoms with Crippen molar-refractivity contribution >= 4 is 10.9 Å². The zero-order chi connectivity index (χ0) is 12.6. The first-order valence-electron chi connectivity index (χ1n) is 6.21. The van der Waals surface area contributed by atoms with Gasteiger partial charge in [-0.25, -0.2) is 9.97 Å². The van der Waals surface area contributed by atoms with E-state index in [9.17, 15) is 0 Å². The summed E-state index contributed by atoms with van der Waals surface area (Å²) in [5.74, 6) is 0.821. The number of ether oxygens (including phenoxy) is 2. The van der Waals surface area contributed by atoms with Gasteiger partial charge in [0.05, 0.1) is 12.6 Å². The lowest BCUT2D eigenvalue weighted by Gasteiger charge is -2.08. The lowest BCUT2D eigenvalue weighted by atomic mass is 10.2. The Morgan fingerprint density at radius 1 is 1.17 bits per heavy atom. The number of hydrogen-bond donors (Lipinski definition) is 0. The van der Waals surface area contributed by atoms with E-state index in [4.69, 9.17) is 9.47 Å². The van der Waals surface area contributed by atoms with Crippen molar-refractivity contribution in [3.05, 3.63) is 30.7 Å². The maximum absolute atomic E-state index is 5.07. The average molecular weight is 246 g/mol. The fraction of sp³-hybridized carbons (Fsp3) is 0.429. The third-order valence-corrected chi connectivity index (χ3v) is 2.79. The molecule has 2 aromatic rings. The molecule has 1 saturated heterocycles. The summed E-state index contributed by atoms with van der Waals surface area (Å²) < 4.78 is 10.1. The Bertz CT molecular complexity index is 472. The number of benzene rings is 1. The van der Waals surface area contributed by atoms with Gasteiger partial charge in [-0.1, -0.05) is 0 Å². The molecule has 1 aliphatic heterocycles. The summed E-state index contributed by atoms with van der Waals surface area (Å²) in [5.41, 5.74) is 0.907. The predicted octanol–water partition coefficient (Wildman–Crippen LogP) is 2.83. The van der Waals surface area contributed by atoms with Gasteiger partial charge in [0.25, 0.3) is 0 Å². The van der Waals surface area contributed by atoms with Gasteiger partial charge in [-0.3, -0.25) is 0 Å². The van der Waals surface area contributed by atoms with Crippen LogP contribution in [0.15, 0.2) is 30.7 Å². The van der Waals surface area contributed by atoms with Crippen LogP contribution in [-0.4, -0.2) is 30.3 Å². The quantitative estimate of drug-likeness (QED) is 0.776. The van der Waals surface area contributed by atoms with Crippen molar-refractivity contribution in [1.82, 2.24) is 9.97 Å². The van der Waals surface area contributed by atoms with Crippen LogP contribution in [0.5, 0.6) is 5.75 Å². The number of aromatic nitrogens is 2. The van der Waals surface area contributed by atoms with Gasteiger partial charge in [0.2, 0.25) is 0 Å². The molecule has 0 bridgehead atoms. The Labute approximate surface area is 107 Å². The Balaban J connectivity index is 0.000000169. The fourth-order valence-electron chi connectivity index (χ4n) is 1.77. The molecule has 0 spiro atoms. The molecule has 0 radical (unpaired) electrons. The monoisotopic (exact) mass is 246 g/mol. The molecular formula is C14H18N2O2. The molecule has 0 aliphatic carbocycles. The largest absolute Gasteiger partial charge is 0.497 e. The first-order valence-corrected chi connectivity index (χ1v) is 6.21. The van der Waals surface area contributed by atoms with Crippen LogP contribution in [0.4, 0.5) is 0 Å². The van der Waals surface area contributed by atoms with Crippen LogP contribution in [0.1, 0.15) is 19.3 Å². The summed E-state index contributed by atoms with van der Waals surface area (Å²) in [7, 11) is 1.64. The molecule has 3 rings (SSSR count). The van der Waals surface area contributed by atoms with Crippen LogP contribution in [-0.2, 0) is 4.74 Å². The van der Waals surface area contributed by atoms with E-state index in [1.165, 1.54) is 25.6 Å². The zero-order valence-corrected chi connectivity index (χ0v) is 10.6. The van der Waals surface area contributed by atoms with E-state index in [-0.39, 0.29) is 0 Å². The normalized spacial score (nSPS) is 14.7. The number of rotatable bonds is 1. The smallest absolute Gasteiger partial charge is 0.121 e. The SMILES string of the molecule is C1CCOCC1.COc1ccc2cncnc2c1. The highest BCUT2D eigenvalue weighted by molar-refractivity contribution is 5.78. The van der Waals surface area contributed by atoms with E-state index in [2.05, 4.69) is 9.97 Å². The first kappa shape index (κ1) is 12.8. The summed E-state index contributed by atoms with van der Waals surface area (Å²) in [4.78, 5) is 8.02. The van der Waals surface area contributed by atoms with Crippen molar-refractivity contribution in [2.45, 2.75) is 19.3 Å². The molecule has 0 saturated carbocycles. The van der Waals surface area contributed by atoms with Crippen LogP contribution < -0.4 is 4.74 Å². The lowest BCUT2D eigenvalue weighted by molar-refractivity contribution is 0.0968. The van der Waals surface area contributed by atoms with Gasteiger partial charge in [0, 0.05) is 30.9 Å². The van der Waals surface area contributed by atoms with Crippen molar-refractivity contribution in [2.75, 3.05) is 20.3 Å². The molecule has 4 heteroatoms. The summed E-state index contributed by atoms with van der Waals surface area (Å²) in [6.45, 7) is 2.00. The molecule has 1 aromatic carbocycles. The van der Waals surface area contributed by atoms with Crippen molar-refractivity contribution in [2.24, 2.45) is 0 Å². The lowest BCUT2D eigenvalue weighted by Crippen LogP contribution is -2.03. The van der Waals surface area contributed by atoms with E-state index in [1.807, 2.05) is 18.2 Å². The van der Waals surface area contributed by atoms with Crippen LogP contribution in [0, 0.1) is 0 Å². The van der Waals surface area contributed by atoms with E-state index in [0.717, 1.165) is 29.9 Å². The van der Waals surface area contributed by atoms with Gasteiger partial charge >= 0.3 is 0 Å². The minimum absolute atomic E-state index is 0.821. The molecule has 0 atom stereocenters. The molecule has 0 amide bonds. The van der Waals surface area contributed by atoms with Gasteiger partial charge in [0.15, 0.2) is 0 Å². The molecular weight excluding hydrogens is 228 g/mol. The summed E-state index contributed by atoms with van der Waals surface area (Å²) in [5, 5.41) is 1.03. The van der Waals surface area contributed by atoms with Crippen molar-refractivity contribution < 1.29 is 9.47 Å². The molecule has 0 N–H and O–H groups in total. The van der Waals surface area contributed by atoms with Crippen LogP contribution in [0.3, 0.4) is 0 Å². The third-order valence-electron chi connectivity index (χ3n) is 2.79. The van der Waals surface area contributed by atoms with E-state index in [1.54, 1.807) is 13.3 Å². The Hall–Kier alpha value is -1.68. The van der Waals surface area contributed by atoms with E-state index < -0.39 is 0 Å². The molecule has 0 unspecified atom stereocenters. The molecule has 1 aliphatic rings. The van der Waals surface area contributed by atoms with Gasteiger partial charge < -0.3 is 9.47 Å². The van der Waals surface area contributed by atoms with Gasteiger partial charge in [0.1, 0.15) is 12.1 Å². The van der Waals surface area contributed by atoms with E-state index >= 15 is 0 Å². The van der Waals surface area contributed by atoms with Crippen LogP contribution >= 0.6 is 0 Å². The van der Waals surface area contributed by atoms with E-state index in [0.29, 0.717) is 0 Å². The predicted molar refractivity (Wildman–Crippen MR) is 70.8 cm³/mol. The van der Waals surface area contributed by atoms with Gasteiger partial charge in [-0.15, -0.1) is 0 Å². The average Bonchev–Trinajstić information content (AvgIpc) is 2.49. The van der Waals surface area contributed by atoms with Crippen molar-refractivity contribution in [1.29, 1.82) is 0 Å². The van der Waals surface area contributed by atoms with Crippen molar-refractivity contribution in [3.63, 3.8) is 0 Å². The molecule has 1 fully saturated rings. The van der Waals surface area contributed by atoms with Crippen molar-refractivity contribution in [3.8, 4) is 5.75 Å². The van der Waals surface area contributed by atoms with Crippen LogP contribution in [0.25, 0.3) is 10.9 Å². The second kappa shape index (κ2) is 6.91. The topological polar surface area (TPSA) is 44.2 Å². The molecule has 4 nitrogen and oxygen atoms in total. The number of nitrogens with zero attached hydrogens (tertiary/aromatic N) is 2. The zero-order valence-electron chi connectivity index (χ0n) is 10.6. The Morgan fingerprint density at radius 3 is 2.61 bits per heavy atom. The maximum Gasteiger partial charge on any atom is 0.121 e. The second-order valence-electron chi connectivity index (χ2n) is 4.12. The highest BCUT2D eigenvalue weighted by Gasteiger charge is 1.95. The highest BCUT2D eigenvalue weighted by Crippen LogP contribution is 2.16. The van der Waals surface area contributed by atoms with Gasteiger partial charge in [-0.05, 0) is 31.4 Å². The Morgan fingerprint density at radius 2 is 2.00 bits per heavy atom. The maximum atomic E-state index is 5.07. The Kier molecular flexibility index (Phi) is 4.90. The van der Waals surface area contributed by atoms with Gasteiger partial charge in [-0.2, -0.15) is 0 Å². The summed E-state index contributed by atoms with van der Waals surface area (Å²) in [6, 6.07) is 5.72. The second-order valence-corrected chi connectivity index (χ2v) is 4.12. The fourth-order valence-corrected chi connectivity index (χ4v) is 1.77. The molecule has 96 valence electrons. The number of fused-ring (bicyclic) bond motifs is 1. The first-order chi connectivity index (χ1) is 8.90. The molecule has 2 heterocycles. The summed E-state index contributed by atoms with van der Waals surface area (Å²) in [6.07, 6.45) is 7.24.